The monoisotopic (exact) mass is 347 g/mol. The van der Waals surface area contributed by atoms with Gasteiger partial charge in [-0.25, -0.2) is 5.43 Å². The minimum absolute atomic E-state index is 0.309. The highest BCUT2D eigenvalue weighted by molar-refractivity contribution is 9.10. The molecule has 0 aliphatic carbocycles. The van der Waals surface area contributed by atoms with Crippen LogP contribution in [0, 0.1) is 0 Å². The van der Waals surface area contributed by atoms with E-state index < -0.39 is 0 Å². The fourth-order valence-corrected chi connectivity index (χ4v) is 2.00. The number of benzene rings is 1. The number of nitrogens with zero attached hydrogens (tertiary/aromatic N) is 2. The van der Waals surface area contributed by atoms with Crippen LogP contribution in [0.1, 0.15) is 22.8 Å². The van der Waals surface area contributed by atoms with E-state index in [1.165, 1.54) is 6.20 Å². The van der Waals surface area contributed by atoms with E-state index in [1.54, 1.807) is 19.4 Å². The summed E-state index contributed by atoms with van der Waals surface area (Å²) < 4.78 is 5.84. The number of rotatable bonds is 4. The third-order valence-corrected chi connectivity index (χ3v) is 3.23. The SMILES string of the molecule is COc1ccc(/C(C)=N/NC(=O)c2cncc(Br)c2)cc1. The van der Waals surface area contributed by atoms with E-state index in [2.05, 4.69) is 31.4 Å². The molecule has 0 radical (unpaired) electrons. The summed E-state index contributed by atoms with van der Waals surface area (Å²) in [7, 11) is 1.61. The molecule has 21 heavy (non-hydrogen) atoms. The van der Waals surface area contributed by atoms with Crippen LogP contribution in [0.5, 0.6) is 5.75 Å². The molecule has 0 fully saturated rings. The third kappa shape index (κ3) is 4.13. The van der Waals surface area contributed by atoms with Gasteiger partial charge >= 0.3 is 0 Å². The molecule has 108 valence electrons. The summed E-state index contributed by atoms with van der Waals surface area (Å²) in [5.74, 6) is 0.465. The number of aromatic nitrogens is 1. The molecule has 0 aliphatic heterocycles. The Bertz CT molecular complexity index is 669. The second-order valence-electron chi connectivity index (χ2n) is 4.26. The van der Waals surface area contributed by atoms with Crippen LogP contribution in [0.2, 0.25) is 0 Å². The van der Waals surface area contributed by atoms with Gasteiger partial charge in [-0.2, -0.15) is 5.10 Å². The zero-order valence-electron chi connectivity index (χ0n) is 11.6. The first-order chi connectivity index (χ1) is 10.1. The zero-order chi connectivity index (χ0) is 15.2. The first-order valence-electron chi connectivity index (χ1n) is 6.20. The summed E-state index contributed by atoms with van der Waals surface area (Å²) in [6.07, 6.45) is 3.10. The molecule has 0 saturated heterocycles. The Hall–Kier alpha value is -2.21. The summed E-state index contributed by atoms with van der Waals surface area (Å²) >= 11 is 3.27. The Labute approximate surface area is 131 Å². The largest absolute Gasteiger partial charge is 0.497 e. The lowest BCUT2D eigenvalue weighted by molar-refractivity contribution is 0.0954. The second-order valence-corrected chi connectivity index (χ2v) is 5.17. The molecule has 1 amide bonds. The van der Waals surface area contributed by atoms with Crippen LogP contribution in [0.25, 0.3) is 0 Å². The maximum atomic E-state index is 11.9. The van der Waals surface area contributed by atoms with Crippen LogP contribution in [0.3, 0.4) is 0 Å². The van der Waals surface area contributed by atoms with Gasteiger partial charge in [-0.3, -0.25) is 9.78 Å². The van der Waals surface area contributed by atoms with E-state index in [0.717, 1.165) is 15.8 Å². The number of carbonyl (C=O) groups is 1. The predicted octanol–water partition coefficient (Wildman–Crippen LogP) is 3.01. The Morgan fingerprint density at radius 3 is 2.57 bits per heavy atom. The Morgan fingerprint density at radius 2 is 1.95 bits per heavy atom. The highest BCUT2D eigenvalue weighted by atomic mass is 79.9. The van der Waals surface area contributed by atoms with Crippen LogP contribution >= 0.6 is 15.9 Å². The van der Waals surface area contributed by atoms with Gasteiger partial charge in [0.2, 0.25) is 0 Å². The minimum Gasteiger partial charge on any atom is -0.497 e. The Morgan fingerprint density at radius 1 is 1.24 bits per heavy atom. The Kier molecular flexibility index (Phi) is 5.05. The van der Waals surface area contributed by atoms with E-state index in [0.29, 0.717) is 11.3 Å². The topological polar surface area (TPSA) is 63.6 Å². The highest BCUT2D eigenvalue weighted by Crippen LogP contribution is 2.12. The molecule has 1 aromatic heterocycles. The lowest BCUT2D eigenvalue weighted by Crippen LogP contribution is -2.19. The predicted molar refractivity (Wildman–Crippen MR) is 84.6 cm³/mol. The van der Waals surface area contributed by atoms with Gasteiger partial charge in [0, 0.05) is 16.9 Å². The molecule has 0 spiro atoms. The molecule has 2 aromatic rings. The molecule has 0 unspecified atom stereocenters. The number of pyridine rings is 1. The van der Waals surface area contributed by atoms with Crippen LogP contribution in [-0.2, 0) is 0 Å². The van der Waals surface area contributed by atoms with E-state index >= 15 is 0 Å². The van der Waals surface area contributed by atoms with Gasteiger partial charge in [0.1, 0.15) is 5.75 Å². The number of methoxy groups -OCH3 is 1. The molecule has 1 N–H and O–H groups in total. The van der Waals surface area contributed by atoms with Crippen LogP contribution in [-0.4, -0.2) is 23.7 Å². The average molecular weight is 348 g/mol. The number of halogens is 1. The van der Waals surface area contributed by atoms with Gasteiger partial charge < -0.3 is 4.74 Å². The van der Waals surface area contributed by atoms with Crippen molar-refractivity contribution < 1.29 is 9.53 Å². The molecule has 2 rings (SSSR count). The summed E-state index contributed by atoms with van der Waals surface area (Å²) in [5.41, 5.74) is 4.56. The number of hydrogen-bond acceptors (Lipinski definition) is 4. The van der Waals surface area contributed by atoms with Gasteiger partial charge in [0.25, 0.3) is 5.91 Å². The molecule has 1 aromatic carbocycles. The molecule has 5 nitrogen and oxygen atoms in total. The fourth-order valence-electron chi connectivity index (χ4n) is 1.63. The van der Waals surface area contributed by atoms with Crippen molar-refractivity contribution in [3.8, 4) is 5.75 Å². The van der Waals surface area contributed by atoms with E-state index in [-0.39, 0.29) is 5.91 Å². The van der Waals surface area contributed by atoms with Crippen molar-refractivity contribution in [1.29, 1.82) is 0 Å². The minimum atomic E-state index is -0.309. The quantitative estimate of drug-likeness (QED) is 0.682. The molecular formula is C15H14BrN3O2. The molecule has 0 aliphatic rings. The lowest BCUT2D eigenvalue weighted by atomic mass is 10.1. The maximum absolute atomic E-state index is 11.9. The van der Waals surface area contributed by atoms with Crippen molar-refractivity contribution in [2.45, 2.75) is 6.92 Å². The van der Waals surface area contributed by atoms with E-state index in [9.17, 15) is 4.79 Å². The van der Waals surface area contributed by atoms with Crippen molar-refractivity contribution >= 4 is 27.5 Å². The smallest absolute Gasteiger partial charge is 0.272 e. The highest BCUT2D eigenvalue weighted by Gasteiger charge is 2.06. The van der Waals surface area contributed by atoms with Gasteiger partial charge in [-0.05, 0) is 58.7 Å². The van der Waals surface area contributed by atoms with Crippen molar-refractivity contribution in [3.63, 3.8) is 0 Å². The lowest BCUT2D eigenvalue weighted by Gasteiger charge is -2.04. The summed E-state index contributed by atoms with van der Waals surface area (Å²) in [6.45, 7) is 1.82. The summed E-state index contributed by atoms with van der Waals surface area (Å²) in [5, 5.41) is 4.09. The van der Waals surface area contributed by atoms with Crippen LogP contribution < -0.4 is 10.2 Å². The molecule has 0 bridgehead atoms. The van der Waals surface area contributed by atoms with Gasteiger partial charge in [-0.1, -0.05) is 0 Å². The maximum Gasteiger partial charge on any atom is 0.272 e. The number of carbonyl (C=O) groups excluding carboxylic acids is 1. The number of amides is 1. The van der Waals surface area contributed by atoms with Crippen LogP contribution in [0.15, 0.2) is 52.3 Å². The summed E-state index contributed by atoms with van der Waals surface area (Å²) in [4.78, 5) is 15.9. The molecule has 6 heteroatoms. The van der Waals surface area contributed by atoms with Crippen molar-refractivity contribution in [3.05, 3.63) is 58.3 Å². The molecular weight excluding hydrogens is 334 g/mol. The zero-order valence-corrected chi connectivity index (χ0v) is 13.2. The third-order valence-electron chi connectivity index (χ3n) is 2.80. The first kappa shape index (κ1) is 15.2. The molecule has 1 heterocycles. The van der Waals surface area contributed by atoms with Crippen molar-refractivity contribution in [1.82, 2.24) is 10.4 Å². The Balaban J connectivity index is 2.07. The number of hydrogen-bond donors (Lipinski definition) is 1. The standard InChI is InChI=1S/C15H14BrN3O2/c1-10(11-3-5-14(21-2)6-4-11)18-19-15(20)12-7-13(16)9-17-8-12/h3-9H,1-2H3,(H,19,20)/b18-10+. The molecule has 0 atom stereocenters. The average Bonchev–Trinajstić information content (AvgIpc) is 2.52. The van der Waals surface area contributed by atoms with Crippen molar-refractivity contribution in [2.24, 2.45) is 5.10 Å². The first-order valence-corrected chi connectivity index (χ1v) is 6.99. The summed E-state index contributed by atoms with van der Waals surface area (Å²) in [6, 6.07) is 9.12. The normalized spacial score (nSPS) is 11.1. The van der Waals surface area contributed by atoms with Crippen LogP contribution in [0.4, 0.5) is 0 Å². The van der Waals surface area contributed by atoms with Crippen molar-refractivity contribution in [2.75, 3.05) is 7.11 Å². The molecule has 0 saturated carbocycles. The number of ether oxygens (including phenoxy) is 1. The van der Waals surface area contributed by atoms with E-state index in [1.807, 2.05) is 31.2 Å². The van der Waals surface area contributed by atoms with Gasteiger partial charge in [0.05, 0.1) is 18.4 Å². The van der Waals surface area contributed by atoms with Gasteiger partial charge in [-0.15, -0.1) is 0 Å². The number of nitrogens with one attached hydrogen (secondary N) is 1. The number of hydrazone groups is 1. The van der Waals surface area contributed by atoms with E-state index in [4.69, 9.17) is 4.74 Å². The fraction of sp³-hybridized carbons (Fsp3) is 0.133. The van der Waals surface area contributed by atoms with Gasteiger partial charge in [0.15, 0.2) is 0 Å². The second kappa shape index (κ2) is 6.99.